The van der Waals surface area contributed by atoms with Gasteiger partial charge in [-0.05, 0) is 76.6 Å². The van der Waals surface area contributed by atoms with E-state index in [1.165, 1.54) is 39.2 Å². The Bertz CT molecular complexity index is 1110. The molecule has 3 aromatic carbocycles. The Labute approximate surface area is 174 Å². The molecule has 1 nitrogen and oxygen atoms in total. The molecule has 2 aliphatic carbocycles. The van der Waals surface area contributed by atoms with E-state index in [2.05, 4.69) is 111 Å². The van der Waals surface area contributed by atoms with Crippen LogP contribution < -0.4 is 4.90 Å². The van der Waals surface area contributed by atoms with Crippen molar-refractivity contribution in [3.63, 3.8) is 0 Å². The fourth-order valence-electron chi connectivity index (χ4n) is 4.87. The summed E-state index contributed by atoms with van der Waals surface area (Å²) < 4.78 is 0. The third-order valence-corrected chi connectivity index (χ3v) is 6.59. The van der Waals surface area contributed by atoms with Gasteiger partial charge < -0.3 is 4.90 Å². The lowest BCUT2D eigenvalue weighted by molar-refractivity contribution is 0.651. The Hall–Kier alpha value is -3.06. The molecule has 5 rings (SSSR count). The van der Waals surface area contributed by atoms with Gasteiger partial charge in [-0.15, -0.1) is 0 Å². The molecule has 29 heavy (non-hydrogen) atoms. The van der Waals surface area contributed by atoms with Crippen LogP contribution in [0.2, 0.25) is 0 Å². The number of anilines is 2. The zero-order chi connectivity index (χ0) is 20.0. The van der Waals surface area contributed by atoms with Crippen LogP contribution in [0.25, 0.3) is 16.7 Å². The number of hydrogen-bond acceptors (Lipinski definition) is 1. The first-order valence-electron chi connectivity index (χ1n) is 10.5. The molecule has 0 radical (unpaired) electrons. The normalized spacial score (nSPS) is 16.5. The summed E-state index contributed by atoms with van der Waals surface area (Å²) in [5, 5.41) is 0. The van der Waals surface area contributed by atoms with E-state index in [1.807, 2.05) is 0 Å². The summed E-state index contributed by atoms with van der Waals surface area (Å²) in [6.45, 7) is 4.72. The van der Waals surface area contributed by atoms with Crippen molar-refractivity contribution in [2.75, 3.05) is 11.9 Å². The van der Waals surface area contributed by atoms with Gasteiger partial charge in [-0.2, -0.15) is 0 Å². The zero-order valence-electron chi connectivity index (χ0n) is 17.4. The molecule has 0 atom stereocenters. The van der Waals surface area contributed by atoms with Crippen molar-refractivity contribution in [1.82, 2.24) is 0 Å². The topological polar surface area (TPSA) is 3.24 Å². The first-order chi connectivity index (χ1) is 14.1. The van der Waals surface area contributed by atoms with Gasteiger partial charge in [0.05, 0.1) is 0 Å². The van der Waals surface area contributed by atoms with Gasteiger partial charge in [-0.1, -0.05) is 68.5 Å². The summed E-state index contributed by atoms with van der Waals surface area (Å²) in [7, 11) is 2.12. The Morgan fingerprint density at radius 1 is 0.793 bits per heavy atom. The van der Waals surface area contributed by atoms with E-state index in [1.54, 1.807) is 5.57 Å². The maximum absolute atomic E-state index is 2.41. The van der Waals surface area contributed by atoms with Gasteiger partial charge in [0.1, 0.15) is 0 Å². The van der Waals surface area contributed by atoms with Crippen LogP contribution in [-0.4, -0.2) is 7.05 Å². The molecule has 0 saturated heterocycles. The molecular weight excluding hydrogens is 350 g/mol. The molecule has 0 bridgehead atoms. The van der Waals surface area contributed by atoms with E-state index >= 15 is 0 Å². The molecule has 1 heteroatoms. The molecule has 2 aliphatic rings. The summed E-state index contributed by atoms with van der Waals surface area (Å²) in [4.78, 5) is 2.22. The lowest BCUT2D eigenvalue weighted by Crippen LogP contribution is -2.16. The third kappa shape index (κ3) is 2.93. The maximum Gasteiger partial charge on any atom is 0.0408 e. The summed E-state index contributed by atoms with van der Waals surface area (Å²) in [6, 6.07) is 26.5. The smallest absolute Gasteiger partial charge is 0.0408 e. The minimum absolute atomic E-state index is 0.113. The van der Waals surface area contributed by atoms with Crippen LogP contribution in [-0.2, 0) is 5.41 Å². The standard InChI is InChI=1S/C28H27N/c1-28(2)26-12-8-7-11-24(26)25-19-21(15-18-27(25)28)20-13-16-23(17-14-20)29(3)22-9-5-4-6-10-22/h4-6,8-10,12-19H,7,11H2,1-3H3. The molecule has 0 amide bonds. The highest BCUT2D eigenvalue weighted by molar-refractivity contribution is 5.85. The van der Waals surface area contributed by atoms with Gasteiger partial charge in [0, 0.05) is 23.8 Å². The number of para-hydroxylation sites is 1. The van der Waals surface area contributed by atoms with Crippen LogP contribution in [0.1, 0.15) is 37.8 Å². The summed E-state index contributed by atoms with van der Waals surface area (Å²) in [5.74, 6) is 0. The van der Waals surface area contributed by atoms with E-state index in [0.29, 0.717) is 0 Å². The van der Waals surface area contributed by atoms with Crippen LogP contribution in [0.3, 0.4) is 0 Å². The van der Waals surface area contributed by atoms with Gasteiger partial charge in [0.15, 0.2) is 0 Å². The van der Waals surface area contributed by atoms with Gasteiger partial charge in [-0.3, -0.25) is 0 Å². The van der Waals surface area contributed by atoms with Crippen molar-refractivity contribution in [2.45, 2.75) is 32.1 Å². The molecule has 0 spiro atoms. The van der Waals surface area contributed by atoms with Crippen LogP contribution in [0, 0.1) is 0 Å². The summed E-state index contributed by atoms with van der Waals surface area (Å²) in [5.41, 5.74) is 11.1. The number of nitrogens with zero attached hydrogens (tertiary/aromatic N) is 1. The average Bonchev–Trinajstić information content (AvgIpc) is 3.01. The quantitative estimate of drug-likeness (QED) is 0.456. The molecule has 0 unspecified atom stereocenters. The van der Waals surface area contributed by atoms with Gasteiger partial charge >= 0.3 is 0 Å². The van der Waals surface area contributed by atoms with Crippen LogP contribution in [0.15, 0.2) is 90.5 Å². The van der Waals surface area contributed by atoms with Gasteiger partial charge in [-0.25, -0.2) is 0 Å². The molecule has 0 fully saturated rings. The average molecular weight is 378 g/mol. The third-order valence-electron chi connectivity index (χ3n) is 6.59. The molecule has 0 heterocycles. The summed E-state index contributed by atoms with van der Waals surface area (Å²) in [6.07, 6.45) is 6.99. The second kappa shape index (κ2) is 6.77. The van der Waals surface area contributed by atoms with Crippen molar-refractivity contribution in [1.29, 1.82) is 0 Å². The van der Waals surface area contributed by atoms with Crippen molar-refractivity contribution in [3.8, 4) is 11.1 Å². The zero-order valence-corrected chi connectivity index (χ0v) is 17.4. The van der Waals surface area contributed by atoms with Crippen molar-refractivity contribution in [2.24, 2.45) is 0 Å². The van der Waals surface area contributed by atoms with Crippen LogP contribution in [0.5, 0.6) is 0 Å². The van der Waals surface area contributed by atoms with Crippen molar-refractivity contribution in [3.05, 3.63) is 102 Å². The largest absolute Gasteiger partial charge is 0.345 e. The van der Waals surface area contributed by atoms with Crippen LogP contribution >= 0.6 is 0 Å². The Kier molecular flexibility index (Phi) is 4.20. The maximum atomic E-state index is 2.41. The molecule has 0 saturated carbocycles. The van der Waals surface area contributed by atoms with Crippen molar-refractivity contribution < 1.29 is 0 Å². The predicted octanol–water partition coefficient (Wildman–Crippen LogP) is 7.52. The Morgan fingerprint density at radius 3 is 2.24 bits per heavy atom. The Balaban J connectivity index is 1.49. The van der Waals surface area contributed by atoms with E-state index in [4.69, 9.17) is 0 Å². The lowest BCUT2D eigenvalue weighted by atomic mass is 9.80. The lowest BCUT2D eigenvalue weighted by Gasteiger charge is -2.24. The molecular formula is C28H27N. The minimum Gasteiger partial charge on any atom is -0.345 e. The number of allylic oxidation sites excluding steroid dienone is 4. The van der Waals surface area contributed by atoms with E-state index in [9.17, 15) is 0 Å². The highest BCUT2D eigenvalue weighted by Gasteiger charge is 2.36. The van der Waals surface area contributed by atoms with E-state index < -0.39 is 0 Å². The van der Waals surface area contributed by atoms with Crippen LogP contribution in [0.4, 0.5) is 11.4 Å². The van der Waals surface area contributed by atoms with E-state index in [0.717, 1.165) is 12.8 Å². The second-order valence-electron chi connectivity index (χ2n) is 8.66. The van der Waals surface area contributed by atoms with E-state index in [-0.39, 0.29) is 5.41 Å². The molecule has 0 aliphatic heterocycles. The first-order valence-corrected chi connectivity index (χ1v) is 10.5. The number of rotatable bonds is 3. The number of hydrogen-bond donors (Lipinski definition) is 0. The highest BCUT2D eigenvalue weighted by Crippen LogP contribution is 2.50. The SMILES string of the molecule is CN(c1ccccc1)c1ccc(-c2ccc3c(c2)C2=C(C=CCC2)C3(C)C)cc1. The van der Waals surface area contributed by atoms with Crippen molar-refractivity contribution >= 4 is 16.9 Å². The monoisotopic (exact) mass is 377 g/mol. The summed E-state index contributed by atoms with van der Waals surface area (Å²) >= 11 is 0. The number of fused-ring (bicyclic) bond motifs is 2. The Morgan fingerprint density at radius 2 is 1.48 bits per heavy atom. The predicted molar refractivity (Wildman–Crippen MR) is 125 cm³/mol. The molecule has 144 valence electrons. The second-order valence-corrected chi connectivity index (χ2v) is 8.66. The van der Waals surface area contributed by atoms with Gasteiger partial charge in [0.25, 0.3) is 0 Å². The minimum atomic E-state index is 0.113. The fraction of sp³-hybridized carbons (Fsp3) is 0.214. The first kappa shape index (κ1) is 18.0. The molecule has 0 aromatic heterocycles. The fourth-order valence-corrected chi connectivity index (χ4v) is 4.87. The highest BCUT2D eigenvalue weighted by atomic mass is 15.1. The molecule has 0 N–H and O–H groups in total. The van der Waals surface area contributed by atoms with Gasteiger partial charge in [0.2, 0.25) is 0 Å². The number of benzene rings is 3. The molecule has 3 aromatic rings.